The molecule has 2 rings (SSSR count). The lowest BCUT2D eigenvalue weighted by Gasteiger charge is -2.26. The quantitative estimate of drug-likeness (QED) is 0.809. The number of nitrogens with one attached hydrogen (secondary N) is 1. The highest BCUT2D eigenvalue weighted by Gasteiger charge is 2.35. The number of hydrogen-bond acceptors (Lipinski definition) is 3. The van der Waals surface area contributed by atoms with E-state index in [0.717, 1.165) is 11.4 Å². The molecule has 1 aliphatic heterocycles. The number of benzene rings is 1. The van der Waals surface area contributed by atoms with Gasteiger partial charge in [-0.25, -0.2) is 0 Å². The molecule has 1 amide bonds. The summed E-state index contributed by atoms with van der Waals surface area (Å²) in [5.41, 5.74) is 1.33. The Hall–Kier alpha value is -1.71. The first-order chi connectivity index (χ1) is 7.97. The third-order valence-electron chi connectivity index (χ3n) is 3.16. The maximum Gasteiger partial charge on any atom is 0.234 e. The first kappa shape index (κ1) is 11.8. The lowest BCUT2D eigenvalue weighted by Crippen LogP contribution is -2.40. The smallest absolute Gasteiger partial charge is 0.234 e. The molecule has 0 spiro atoms. The molecule has 0 aromatic heterocycles. The van der Waals surface area contributed by atoms with Crippen molar-refractivity contribution in [2.45, 2.75) is 13.8 Å². The Morgan fingerprint density at radius 1 is 1.41 bits per heavy atom. The summed E-state index contributed by atoms with van der Waals surface area (Å²) >= 11 is 0. The number of carbonyl (C=O) groups is 1. The zero-order valence-electron chi connectivity index (χ0n) is 10.7. The van der Waals surface area contributed by atoms with Crippen LogP contribution in [0.15, 0.2) is 18.2 Å². The number of rotatable bonds is 1. The molecule has 0 radical (unpaired) electrons. The van der Waals surface area contributed by atoms with Crippen LogP contribution >= 0.6 is 0 Å². The maximum absolute atomic E-state index is 12.3. The Labute approximate surface area is 102 Å². The van der Waals surface area contributed by atoms with Crippen molar-refractivity contribution in [1.82, 2.24) is 0 Å². The molecule has 4 nitrogen and oxygen atoms in total. The van der Waals surface area contributed by atoms with E-state index in [1.54, 1.807) is 19.1 Å². The molecule has 0 aliphatic carbocycles. The van der Waals surface area contributed by atoms with E-state index in [1.165, 1.54) is 0 Å². The van der Waals surface area contributed by atoms with Crippen LogP contribution in [0.2, 0.25) is 0 Å². The summed E-state index contributed by atoms with van der Waals surface area (Å²) in [5.74, 6) is 0.803. The first-order valence-corrected chi connectivity index (χ1v) is 5.66. The summed E-state index contributed by atoms with van der Waals surface area (Å²) in [7, 11) is 3.41. The molecule has 1 N–H and O–H groups in total. The molecule has 92 valence electrons. The standard InChI is InChI=1S/C13H18N2O2/c1-13(2)8-14-9-6-5-7-10(17-4)11(9)15(3)12(13)16/h5-7,14H,8H2,1-4H3. The van der Waals surface area contributed by atoms with Gasteiger partial charge >= 0.3 is 0 Å². The van der Waals surface area contributed by atoms with E-state index in [9.17, 15) is 4.79 Å². The molecule has 0 unspecified atom stereocenters. The van der Waals surface area contributed by atoms with Crippen molar-refractivity contribution in [3.8, 4) is 5.75 Å². The SMILES string of the molecule is COc1cccc2c1N(C)C(=O)C(C)(C)CN2. The van der Waals surface area contributed by atoms with E-state index in [0.29, 0.717) is 12.3 Å². The van der Waals surface area contributed by atoms with Crippen LogP contribution in [0.25, 0.3) is 0 Å². The summed E-state index contributed by atoms with van der Waals surface area (Å²) in [5, 5.41) is 3.31. The maximum atomic E-state index is 12.3. The molecule has 0 atom stereocenters. The third-order valence-corrected chi connectivity index (χ3v) is 3.16. The third kappa shape index (κ3) is 1.84. The van der Waals surface area contributed by atoms with Gasteiger partial charge < -0.3 is 15.0 Å². The number of carbonyl (C=O) groups excluding carboxylic acids is 1. The van der Waals surface area contributed by atoms with E-state index in [1.807, 2.05) is 32.0 Å². The van der Waals surface area contributed by atoms with Gasteiger partial charge in [-0.1, -0.05) is 6.07 Å². The number of para-hydroxylation sites is 1. The molecule has 0 saturated heterocycles. The molecule has 0 saturated carbocycles. The molecule has 1 aromatic rings. The Morgan fingerprint density at radius 2 is 2.12 bits per heavy atom. The second kappa shape index (κ2) is 3.95. The molecule has 0 fully saturated rings. The summed E-state index contributed by atoms with van der Waals surface area (Å²) in [6.45, 7) is 4.50. The molecular weight excluding hydrogens is 216 g/mol. The minimum Gasteiger partial charge on any atom is -0.494 e. The van der Waals surface area contributed by atoms with Gasteiger partial charge in [0.05, 0.1) is 18.2 Å². The highest BCUT2D eigenvalue weighted by atomic mass is 16.5. The Kier molecular flexibility index (Phi) is 2.73. The molecule has 0 bridgehead atoms. The number of hydrogen-bond donors (Lipinski definition) is 1. The number of methoxy groups -OCH3 is 1. The van der Waals surface area contributed by atoms with Crippen molar-refractivity contribution in [2.24, 2.45) is 5.41 Å². The first-order valence-electron chi connectivity index (χ1n) is 5.66. The van der Waals surface area contributed by atoms with E-state index in [4.69, 9.17) is 4.74 Å². The van der Waals surface area contributed by atoms with Gasteiger partial charge in [-0.3, -0.25) is 4.79 Å². The van der Waals surface area contributed by atoms with E-state index < -0.39 is 5.41 Å². The number of fused-ring (bicyclic) bond motifs is 1. The number of ether oxygens (including phenoxy) is 1. The highest BCUT2D eigenvalue weighted by Crippen LogP contribution is 2.39. The molecule has 17 heavy (non-hydrogen) atoms. The summed E-state index contributed by atoms with van der Waals surface area (Å²) < 4.78 is 5.32. The van der Waals surface area contributed by atoms with E-state index in [-0.39, 0.29) is 5.91 Å². The van der Waals surface area contributed by atoms with Gasteiger partial charge in [0.15, 0.2) is 0 Å². The largest absolute Gasteiger partial charge is 0.494 e. The van der Waals surface area contributed by atoms with Crippen LogP contribution in [0.3, 0.4) is 0 Å². The predicted octanol–water partition coefficient (Wildman–Crippen LogP) is 2.11. The topological polar surface area (TPSA) is 41.6 Å². The molecular formula is C13H18N2O2. The van der Waals surface area contributed by atoms with E-state index in [2.05, 4.69) is 5.32 Å². The molecule has 1 heterocycles. The second-order valence-electron chi connectivity index (χ2n) is 4.96. The van der Waals surface area contributed by atoms with Crippen LogP contribution in [0, 0.1) is 5.41 Å². The van der Waals surface area contributed by atoms with E-state index >= 15 is 0 Å². The van der Waals surface area contributed by atoms with Crippen molar-refractivity contribution < 1.29 is 9.53 Å². The van der Waals surface area contributed by atoms with Crippen molar-refractivity contribution >= 4 is 17.3 Å². The Balaban J connectivity index is 2.56. The fourth-order valence-electron chi connectivity index (χ4n) is 2.12. The van der Waals surface area contributed by atoms with Crippen LogP contribution in [-0.4, -0.2) is 26.6 Å². The van der Waals surface area contributed by atoms with Crippen molar-refractivity contribution in [1.29, 1.82) is 0 Å². The van der Waals surface area contributed by atoms with Crippen LogP contribution in [-0.2, 0) is 4.79 Å². The van der Waals surface area contributed by atoms with Crippen molar-refractivity contribution in [3.63, 3.8) is 0 Å². The van der Waals surface area contributed by atoms with Gasteiger partial charge in [-0.2, -0.15) is 0 Å². The van der Waals surface area contributed by atoms with Crippen LogP contribution in [0.1, 0.15) is 13.8 Å². The van der Waals surface area contributed by atoms with Gasteiger partial charge in [0.2, 0.25) is 5.91 Å². The number of nitrogens with zero attached hydrogens (tertiary/aromatic N) is 1. The minimum absolute atomic E-state index is 0.0910. The number of amides is 1. The number of anilines is 2. The highest BCUT2D eigenvalue weighted by molar-refractivity contribution is 6.02. The average Bonchev–Trinajstić information content (AvgIpc) is 2.41. The van der Waals surface area contributed by atoms with Gasteiger partial charge in [0.1, 0.15) is 11.4 Å². The Bertz CT molecular complexity index is 455. The monoisotopic (exact) mass is 234 g/mol. The minimum atomic E-state index is -0.418. The van der Waals surface area contributed by atoms with Gasteiger partial charge in [0.25, 0.3) is 0 Å². The average molecular weight is 234 g/mol. The zero-order chi connectivity index (χ0) is 12.6. The molecule has 1 aliphatic rings. The lowest BCUT2D eigenvalue weighted by molar-refractivity contribution is -0.125. The normalized spacial score (nSPS) is 18.1. The fourth-order valence-corrected chi connectivity index (χ4v) is 2.12. The van der Waals surface area contributed by atoms with Crippen LogP contribution < -0.4 is 15.0 Å². The summed E-state index contributed by atoms with van der Waals surface area (Å²) in [4.78, 5) is 14.0. The Morgan fingerprint density at radius 3 is 2.76 bits per heavy atom. The molecule has 1 aromatic carbocycles. The van der Waals surface area contributed by atoms with Crippen molar-refractivity contribution in [3.05, 3.63) is 18.2 Å². The van der Waals surface area contributed by atoms with Crippen molar-refractivity contribution in [2.75, 3.05) is 30.9 Å². The van der Waals surface area contributed by atoms with Gasteiger partial charge in [0, 0.05) is 13.6 Å². The predicted molar refractivity (Wildman–Crippen MR) is 68.7 cm³/mol. The van der Waals surface area contributed by atoms with Crippen LogP contribution in [0.4, 0.5) is 11.4 Å². The van der Waals surface area contributed by atoms with Gasteiger partial charge in [-0.05, 0) is 26.0 Å². The summed E-state index contributed by atoms with van der Waals surface area (Å²) in [6, 6.07) is 5.74. The lowest BCUT2D eigenvalue weighted by atomic mass is 9.92. The van der Waals surface area contributed by atoms with Crippen LogP contribution in [0.5, 0.6) is 5.75 Å². The fraction of sp³-hybridized carbons (Fsp3) is 0.462. The second-order valence-corrected chi connectivity index (χ2v) is 4.96. The van der Waals surface area contributed by atoms with Gasteiger partial charge in [-0.15, -0.1) is 0 Å². The summed E-state index contributed by atoms with van der Waals surface area (Å²) in [6.07, 6.45) is 0. The molecule has 4 heteroatoms. The zero-order valence-corrected chi connectivity index (χ0v) is 10.7.